The van der Waals surface area contributed by atoms with Crippen molar-refractivity contribution in [2.45, 2.75) is 12.5 Å². The molecule has 17 heavy (non-hydrogen) atoms. The summed E-state index contributed by atoms with van der Waals surface area (Å²) in [5, 5.41) is 11.1. The predicted molar refractivity (Wildman–Crippen MR) is 70.7 cm³/mol. The van der Waals surface area contributed by atoms with E-state index < -0.39 is 24.3 Å². The molecule has 1 aromatic carbocycles. The number of amides is 1. The lowest BCUT2D eigenvalue weighted by Crippen LogP contribution is -2.37. The Kier molecular flexibility index (Phi) is 5.10. The van der Waals surface area contributed by atoms with Crippen molar-refractivity contribution >= 4 is 49.4 Å². The molecule has 0 heterocycles. The van der Waals surface area contributed by atoms with Crippen LogP contribution >= 0.6 is 31.9 Å². The number of carbonyl (C=O) groups is 2. The molecule has 7 heteroatoms. The van der Waals surface area contributed by atoms with Crippen molar-refractivity contribution in [1.29, 1.82) is 0 Å². The Morgan fingerprint density at radius 3 is 2.65 bits per heavy atom. The Labute approximate surface area is 115 Å². The monoisotopic (exact) mass is 364 g/mol. The van der Waals surface area contributed by atoms with Gasteiger partial charge in [-0.3, -0.25) is 9.59 Å². The summed E-state index contributed by atoms with van der Waals surface area (Å²) in [6.07, 6.45) is -0.405. The van der Waals surface area contributed by atoms with Gasteiger partial charge in [-0.1, -0.05) is 15.9 Å². The van der Waals surface area contributed by atoms with Gasteiger partial charge in [0, 0.05) is 8.95 Å². The summed E-state index contributed by atoms with van der Waals surface area (Å²) >= 11 is 6.53. The van der Waals surface area contributed by atoms with Gasteiger partial charge in [-0.25, -0.2) is 0 Å². The van der Waals surface area contributed by atoms with Crippen molar-refractivity contribution in [3.05, 3.63) is 27.1 Å². The lowest BCUT2D eigenvalue weighted by atomic mass is 10.2. The zero-order valence-corrected chi connectivity index (χ0v) is 11.8. The molecule has 4 N–H and O–H groups in total. The summed E-state index contributed by atoms with van der Waals surface area (Å²) in [7, 11) is 0. The fourth-order valence-corrected chi connectivity index (χ4v) is 1.81. The van der Waals surface area contributed by atoms with Gasteiger partial charge in [0.2, 0.25) is 5.91 Å². The van der Waals surface area contributed by atoms with E-state index in [0.717, 1.165) is 4.47 Å². The normalized spacial score (nSPS) is 11.9. The highest BCUT2D eigenvalue weighted by atomic mass is 79.9. The zero-order valence-electron chi connectivity index (χ0n) is 8.61. The number of hydrogen-bond acceptors (Lipinski definition) is 3. The van der Waals surface area contributed by atoms with Gasteiger partial charge >= 0.3 is 5.97 Å². The van der Waals surface area contributed by atoms with E-state index in [4.69, 9.17) is 10.8 Å². The largest absolute Gasteiger partial charge is 0.481 e. The van der Waals surface area contributed by atoms with Crippen LogP contribution in [0.5, 0.6) is 0 Å². The van der Waals surface area contributed by atoms with E-state index in [1.54, 1.807) is 18.2 Å². The molecule has 0 aliphatic carbocycles. The molecular formula is C10H10Br2N2O3. The molecule has 5 nitrogen and oxygen atoms in total. The second-order valence-corrected chi connectivity index (χ2v) is 5.09. The highest BCUT2D eigenvalue weighted by molar-refractivity contribution is 9.11. The highest BCUT2D eigenvalue weighted by Crippen LogP contribution is 2.26. The number of rotatable bonds is 4. The van der Waals surface area contributed by atoms with Crippen LogP contribution in [0.2, 0.25) is 0 Å². The summed E-state index contributed by atoms with van der Waals surface area (Å²) in [5.74, 6) is -1.65. The first kappa shape index (κ1) is 14.1. The number of carboxylic acid groups (broad SMARTS) is 1. The van der Waals surface area contributed by atoms with Crippen LogP contribution in [0.25, 0.3) is 0 Å². The molecule has 0 aliphatic heterocycles. The molecule has 1 rings (SSSR count). The number of nitrogens with one attached hydrogen (secondary N) is 1. The molecule has 0 aromatic heterocycles. The highest BCUT2D eigenvalue weighted by Gasteiger charge is 2.17. The Morgan fingerprint density at radius 1 is 1.41 bits per heavy atom. The van der Waals surface area contributed by atoms with Crippen LogP contribution in [0.1, 0.15) is 6.42 Å². The smallest absolute Gasteiger partial charge is 0.305 e. The third-order valence-electron chi connectivity index (χ3n) is 1.92. The number of aliphatic carboxylic acids is 1. The standard InChI is InChI=1S/C10H10Br2N2O3/c11-5-1-2-6(12)8(3-5)14-10(17)7(13)4-9(15)16/h1-3,7H,4,13H2,(H,14,17)(H,15,16). The molecule has 0 saturated heterocycles. The van der Waals surface area contributed by atoms with Gasteiger partial charge in [0.1, 0.15) is 0 Å². The molecule has 0 aliphatic rings. The molecule has 0 spiro atoms. The van der Waals surface area contributed by atoms with Gasteiger partial charge in [-0.05, 0) is 34.1 Å². The van der Waals surface area contributed by atoms with Gasteiger partial charge in [0.05, 0.1) is 18.2 Å². The minimum absolute atomic E-state index is 0.405. The fourth-order valence-electron chi connectivity index (χ4n) is 1.10. The number of nitrogens with two attached hydrogens (primary N) is 1. The summed E-state index contributed by atoms with van der Waals surface area (Å²) in [6.45, 7) is 0. The zero-order chi connectivity index (χ0) is 13.0. The molecule has 0 bridgehead atoms. The van der Waals surface area contributed by atoms with Crippen LogP contribution in [0.4, 0.5) is 5.69 Å². The van der Waals surface area contributed by atoms with Crippen LogP contribution in [-0.2, 0) is 9.59 Å². The Hall–Kier alpha value is -0.920. The maximum Gasteiger partial charge on any atom is 0.305 e. The average molecular weight is 366 g/mol. The van der Waals surface area contributed by atoms with Gasteiger partial charge in [0.15, 0.2) is 0 Å². The fraction of sp³-hybridized carbons (Fsp3) is 0.200. The maximum absolute atomic E-state index is 11.6. The average Bonchev–Trinajstić information content (AvgIpc) is 2.22. The third-order valence-corrected chi connectivity index (χ3v) is 3.10. The topological polar surface area (TPSA) is 92.4 Å². The van der Waals surface area contributed by atoms with E-state index in [-0.39, 0.29) is 0 Å². The number of halogens is 2. The van der Waals surface area contributed by atoms with Crippen molar-refractivity contribution in [3.8, 4) is 0 Å². The van der Waals surface area contributed by atoms with Crippen molar-refractivity contribution in [2.75, 3.05) is 5.32 Å². The van der Waals surface area contributed by atoms with Crippen molar-refractivity contribution in [1.82, 2.24) is 0 Å². The first-order valence-corrected chi connectivity index (χ1v) is 6.22. The number of benzene rings is 1. The second-order valence-electron chi connectivity index (χ2n) is 3.32. The molecule has 1 amide bonds. The molecule has 1 aromatic rings. The van der Waals surface area contributed by atoms with Crippen LogP contribution in [-0.4, -0.2) is 23.0 Å². The van der Waals surface area contributed by atoms with Crippen LogP contribution < -0.4 is 11.1 Å². The van der Waals surface area contributed by atoms with Crippen molar-refractivity contribution < 1.29 is 14.7 Å². The lowest BCUT2D eigenvalue weighted by Gasteiger charge is -2.11. The van der Waals surface area contributed by atoms with Crippen LogP contribution in [0.15, 0.2) is 27.1 Å². The minimum Gasteiger partial charge on any atom is -0.481 e. The molecule has 0 radical (unpaired) electrons. The van der Waals surface area contributed by atoms with E-state index in [2.05, 4.69) is 37.2 Å². The summed E-state index contributed by atoms with van der Waals surface area (Å²) in [5.41, 5.74) is 5.97. The van der Waals surface area contributed by atoms with E-state index in [0.29, 0.717) is 10.2 Å². The molecular weight excluding hydrogens is 356 g/mol. The van der Waals surface area contributed by atoms with E-state index in [1.807, 2.05) is 0 Å². The molecule has 1 unspecified atom stereocenters. The minimum atomic E-state index is -1.11. The van der Waals surface area contributed by atoms with Gasteiger partial charge in [-0.15, -0.1) is 0 Å². The van der Waals surface area contributed by atoms with Crippen molar-refractivity contribution in [2.24, 2.45) is 5.73 Å². The van der Waals surface area contributed by atoms with Gasteiger partial charge < -0.3 is 16.2 Å². The van der Waals surface area contributed by atoms with E-state index in [9.17, 15) is 9.59 Å². The number of hydrogen-bond donors (Lipinski definition) is 3. The summed E-state index contributed by atoms with van der Waals surface area (Å²) in [6, 6.07) is 4.17. The first-order valence-electron chi connectivity index (χ1n) is 4.63. The van der Waals surface area contributed by atoms with Gasteiger partial charge in [-0.2, -0.15) is 0 Å². The number of carbonyl (C=O) groups excluding carboxylic acids is 1. The Bertz CT molecular complexity index is 451. The quantitative estimate of drug-likeness (QED) is 0.760. The molecule has 0 saturated carbocycles. The maximum atomic E-state index is 11.6. The molecule has 0 fully saturated rings. The third kappa shape index (κ3) is 4.45. The number of anilines is 1. The Morgan fingerprint density at radius 2 is 2.06 bits per heavy atom. The van der Waals surface area contributed by atoms with Crippen LogP contribution in [0.3, 0.4) is 0 Å². The summed E-state index contributed by atoms with van der Waals surface area (Å²) in [4.78, 5) is 22.0. The predicted octanol–water partition coefficient (Wildman–Crippen LogP) is 1.95. The SMILES string of the molecule is NC(CC(=O)O)C(=O)Nc1cc(Br)ccc1Br. The molecule has 92 valence electrons. The lowest BCUT2D eigenvalue weighted by molar-refractivity contribution is -0.138. The van der Waals surface area contributed by atoms with Crippen molar-refractivity contribution in [3.63, 3.8) is 0 Å². The van der Waals surface area contributed by atoms with E-state index >= 15 is 0 Å². The second kappa shape index (κ2) is 6.13. The van der Waals surface area contributed by atoms with E-state index in [1.165, 1.54) is 0 Å². The van der Waals surface area contributed by atoms with Crippen LogP contribution in [0, 0.1) is 0 Å². The number of carboxylic acids is 1. The first-order chi connectivity index (χ1) is 7.90. The van der Waals surface area contributed by atoms with Gasteiger partial charge in [0.25, 0.3) is 0 Å². The Balaban J connectivity index is 2.73. The summed E-state index contributed by atoms with van der Waals surface area (Å²) < 4.78 is 1.49. The molecule has 1 atom stereocenters.